The lowest BCUT2D eigenvalue weighted by atomic mass is 10.4. The Morgan fingerprint density at radius 1 is 1.29 bits per heavy atom. The highest BCUT2D eigenvalue weighted by Crippen LogP contribution is 2.28. The molecule has 8 heteroatoms. The van der Waals surface area contributed by atoms with Crippen molar-refractivity contribution in [2.45, 2.75) is 0 Å². The third-order valence-electron chi connectivity index (χ3n) is 1.70. The number of ether oxygens (including phenoxy) is 1. The number of rotatable bonds is 5. The highest BCUT2D eigenvalue weighted by molar-refractivity contribution is 7.86. The maximum Gasteiger partial charge on any atom is 0.324 e. The fourth-order valence-electron chi connectivity index (χ4n) is 0.998. The summed E-state index contributed by atoms with van der Waals surface area (Å²) in [5, 5.41) is 0.613. The Bertz CT molecular complexity index is 472. The first-order chi connectivity index (χ1) is 7.88. The fourth-order valence-corrected chi connectivity index (χ4v) is 2.31. The van der Waals surface area contributed by atoms with Crippen LogP contribution in [0.25, 0.3) is 0 Å². The van der Waals surface area contributed by atoms with Crippen LogP contribution < -0.4 is 5.30 Å². The van der Waals surface area contributed by atoms with Crippen LogP contribution >= 0.6 is 8.15 Å². The van der Waals surface area contributed by atoms with Crippen LogP contribution in [-0.4, -0.2) is 35.9 Å². The zero-order valence-electron chi connectivity index (χ0n) is 8.68. The minimum Gasteiger partial charge on any atom is -0.457 e. The second-order valence-electron chi connectivity index (χ2n) is 3.11. The van der Waals surface area contributed by atoms with Crippen molar-refractivity contribution in [2.75, 3.05) is 12.1 Å². The van der Waals surface area contributed by atoms with E-state index in [-0.39, 0.29) is 6.35 Å². The quantitative estimate of drug-likeness (QED) is 0.449. The topological polar surface area (TPSA) is 101 Å². The van der Waals surface area contributed by atoms with Crippen LogP contribution in [0.5, 0.6) is 0 Å². The van der Waals surface area contributed by atoms with E-state index in [0.29, 0.717) is 5.30 Å². The molecule has 17 heavy (non-hydrogen) atoms. The van der Waals surface area contributed by atoms with E-state index >= 15 is 0 Å². The summed E-state index contributed by atoms with van der Waals surface area (Å²) < 4.78 is 33.6. The van der Waals surface area contributed by atoms with Gasteiger partial charge in [0.1, 0.15) is 6.35 Å². The van der Waals surface area contributed by atoms with E-state index in [0.717, 1.165) is 0 Å². The minimum atomic E-state index is -4.38. The average molecular weight is 278 g/mol. The lowest BCUT2D eigenvalue weighted by Crippen LogP contribution is -2.18. The van der Waals surface area contributed by atoms with Gasteiger partial charge in [-0.1, -0.05) is 30.3 Å². The molecule has 0 amide bonds. The number of benzene rings is 1. The zero-order valence-corrected chi connectivity index (χ0v) is 10.4. The third-order valence-corrected chi connectivity index (χ3v) is 3.57. The van der Waals surface area contributed by atoms with Gasteiger partial charge in [-0.25, -0.2) is 0 Å². The molecule has 1 rings (SSSR count). The number of esters is 1. The summed E-state index contributed by atoms with van der Waals surface area (Å²) in [6, 6.07) is 8.56. The predicted octanol–water partition coefficient (Wildman–Crippen LogP) is 0.0896. The molecular weight excluding hydrogens is 267 g/mol. The van der Waals surface area contributed by atoms with E-state index in [4.69, 9.17) is 4.55 Å². The van der Waals surface area contributed by atoms with Crippen molar-refractivity contribution >= 4 is 29.5 Å². The van der Waals surface area contributed by atoms with E-state index in [9.17, 15) is 18.1 Å². The van der Waals surface area contributed by atoms with E-state index in [1.165, 1.54) is 0 Å². The summed E-state index contributed by atoms with van der Waals surface area (Å²) in [7, 11) is -6.05. The van der Waals surface area contributed by atoms with Gasteiger partial charge in [0.05, 0.1) is 8.15 Å². The van der Waals surface area contributed by atoms with Crippen LogP contribution in [0.1, 0.15) is 0 Å². The first-order valence-corrected chi connectivity index (χ1v) is 7.59. The van der Waals surface area contributed by atoms with Gasteiger partial charge in [-0.3, -0.25) is 9.35 Å². The van der Waals surface area contributed by atoms with Crippen molar-refractivity contribution in [3.8, 4) is 0 Å². The number of carbonyl (C=O) groups excluding carboxylic acids is 1. The molecule has 0 saturated heterocycles. The molecular formula is C9H11O6PS. The van der Waals surface area contributed by atoms with Gasteiger partial charge in [0.2, 0.25) is 0 Å². The Labute approximate surface area is 99.8 Å². The number of hydrogen-bond donors (Lipinski definition) is 2. The number of carbonyl (C=O) groups is 1. The second kappa shape index (κ2) is 6.07. The summed E-state index contributed by atoms with van der Waals surface area (Å²) >= 11 is 0. The van der Waals surface area contributed by atoms with Gasteiger partial charge in [0.25, 0.3) is 10.1 Å². The summed E-state index contributed by atoms with van der Waals surface area (Å²) in [6.45, 7) is 0. The first-order valence-electron chi connectivity index (χ1n) is 4.51. The van der Waals surface area contributed by atoms with Crippen LogP contribution in [0, 0.1) is 0 Å². The lowest BCUT2D eigenvalue weighted by Gasteiger charge is -2.10. The third kappa shape index (κ3) is 5.74. The molecule has 0 aliphatic heterocycles. The molecule has 0 radical (unpaired) electrons. The molecule has 1 unspecified atom stereocenters. The van der Waals surface area contributed by atoms with Gasteiger partial charge in [0, 0.05) is 5.30 Å². The summed E-state index contributed by atoms with van der Waals surface area (Å²) in [6.07, 6.45) is -0.298. The van der Waals surface area contributed by atoms with Crippen LogP contribution in [0.3, 0.4) is 0 Å². The molecule has 0 aromatic heterocycles. The molecule has 0 fully saturated rings. The second-order valence-corrected chi connectivity index (χ2v) is 6.13. The lowest BCUT2D eigenvalue weighted by molar-refractivity contribution is -0.138. The Kier molecular flexibility index (Phi) is 5.02. The molecule has 0 spiro atoms. The molecule has 0 heterocycles. The van der Waals surface area contributed by atoms with Gasteiger partial charge in [0.15, 0.2) is 5.75 Å². The van der Waals surface area contributed by atoms with E-state index in [2.05, 4.69) is 4.74 Å². The Balaban J connectivity index is 2.44. The molecule has 0 bridgehead atoms. The highest BCUT2D eigenvalue weighted by Gasteiger charge is 2.16. The summed E-state index contributed by atoms with van der Waals surface area (Å²) in [4.78, 5) is 20.6. The maximum atomic E-state index is 10.9. The fraction of sp³-hybridized carbons (Fsp3) is 0.222. The minimum absolute atomic E-state index is 0.298. The van der Waals surface area contributed by atoms with Crippen LogP contribution in [0.4, 0.5) is 0 Å². The average Bonchev–Trinajstić information content (AvgIpc) is 2.25. The SMILES string of the molecule is O=C(CS(=O)(=O)O)OCP(O)c1ccccc1. The molecule has 6 nitrogen and oxygen atoms in total. The van der Waals surface area contributed by atoms with Crippen molar-refractivity contribution in [3.05, 3.63) is 30.3 Å². The Morgan fingerprint density at radius 3 is 2.41 bits per heavy atom. The van der Waals surface area contributed by atoms with Crippen molar-refractivity contribution in [3.63, 3.8) is 0 Å². The van der Waals surface area contributed by atoms with E-state index in [1.807, 2.05) is 0 Å². The van der Waals surface area contributed by atoms with Gasteiger partial charge in [-0.2, -0.15) is 8.42 Å². The predicted molar refractivity (Wildman–Crippen MR) is 62.6 cm³/mol. The zero-order chi connectivity index (χ0) is 12.9. The largest absolute Gasteiger partial charge is 0.457 e. The van der Waals surface area contributed by atoms with Gasteiger partial charge < -0.3 is 9.63 Å². The maximum absolute atomic E-state index is 10.9. The van der Waals surface area contributed by atoms with Crippen LogP contribution in [0.2, 0.25) is 0 Å². The van der Waals surface area contributed by atoms with Crippen molar-refractivity contribution < 1.29 is 27.4 Å². The van der Waals surface area contributed by atoms with Crippen LogP contribution in [-0.2, 0) is 19.6 Å². The van der Waals surface area contributed by atoms with Gasteiger partial charge in [-0.05, 0) is 0 Å². The van der Waals surface area contributed by atoms with Gasteiger partial charge >= 0.3 is 5.97 Å². The van der Waals surface area contributed by atoms with E-state index in [1.54, 1.807) is 30.3 Å². The molecule has 0 aliphatic rings. The first kappa shape index (κ1) is 14.1. The molecule has 94 valence electrons. The van der Waals surface area contributed by atoms with Crippen molar-refractivity contribution in [1.82, 2.24) is 0 Å². The smallest absolute Gasteiger partial charge is 0.324 e. The van der Waals surface area contributed by atoms with E-state index < -0.39 is 30.0 Å². The van der Waals surface area contributed by atoms with Gasteiger partial charge in [-0.15, -0.1) is 0 Å². The molecule has 2 N–H and O–H groups in total. The Morgan fingerprint density at radius 2 is 1.88 bits per heavy atom. The normalized spacial score (nSPS) is 13.1. The Hall–Kier alpha value is -1.01. The van der Waals surface area contributed by atoms with Crippen LogP contribution in [0.15, 0.2) is 30.3 Å². The molecule has 0 aliphatic carbocycles. The molecule has 1 aromatic rings. The molecule has 1 atom stereocenters. The molecule has 1 aromatic carbocycles. The standard InChI is InChI=1S/C9H11O6PS/c10-9(6-17(12,13)14)15-7-16(11)8-4-2-1-3-5-8/h1-5,11H,6-7H2,(H,12,13,14). The summed E-state index contributed by atoms with van der Waals surface area (Å²) in [5.41, 5.74) is 0. The summed E-state index contributed by atoms with van der Waals surface area (Å²) in [5.74, 6) is -2.20. The van der Waals surface area contributed by atoms with Crippen molar-refractivity contribution in [2.24, 2.45) is 0 Å². The molecule has 0 saturated carbocycles. The highest BCUT2D eigenvalue weighted by atomic mass is 32.2. The number of hydrogen-bond acceptors (Lipinski definition) is 5. The van der Waals surface area contributed by atoms with Crippen molar-refractivity contribution in [1.29, 1.82) is 0 Å². The monoisotopic (exact) mass is 278 g/mol.